The van der Waals surface area contributed by atoms with Crippen LogP contribution in [0.25, 0.3) is 0 Å². The zero-order valence-corrected chi connectivity index (χ0v) is 17.8. The molecular formula is C23H20ClN3O2S. The van der Waals surface area contributed by atoms with Gasteiger partial charge in [-0.05, 0) is 60.2 Å². The Labute approximate surface area is 185 Å². The van der Waals surface area contributed by atoms with E-state index in [2.05, 4.69) is 10.6 Å². The van der Waals surface area contributed by atoms with Gasteiger partial charge in [0.25, 0.3) is 11.8 Å². The first-order valence-electron chi connectivity index (χ1n) is 9.20. The number of carbonyl (C=O) groups is 2. The van der Waals surface area contributed by atoms with Crippen LogP contribution in [-0.4, -0.2) is 28.9 Å². The van der Waals surface area contributed by atoms with E-state index in [1.165, 1.54) is 0 Å². The van der Waals surface area contributed by atoms with E-state index in [4.69, 9.17) is 23.8 Å². The number of rotatable bonds is 5. The number of anilines is 1. The van der Waals surface area contributed by atoms with Crippen LogP contribution in [0.15, 0.2) is 78.9 Å². The van der Waals surface area contributed by atoms with Crippen LogP contribution in [0.5, 0.6) is 0 Å². The molecule has 0 aliphatic carbocycles. The first kappa shape index (κ1) is 21.5. The van der Waals surface area contributed by atoms with Gasteiger partial charge in [-0.25, -0.2) is 0 Å². The van der Waals surface area contributed by atoms with Gasteiger partial charge in [0, 0.05) is 35.4 Å². The molecule has 0 radical (unpaired) electrons. The Kier molecular flexibility index (Phi) is 7.17. The van der Waals surface area contributed by atoms with Crippen molar-refractivity contribution in [2.24, 2.45) is 0 Å². The molecule has 0 heterocycles. The van der Waals surface area contributed by atoms with Crippen LogP contribution in [0.3, 0.4) is 0 Å². The third kappa shape index (κ3) is 5.89. The fraction of sp³-hybridized carbons (Fsp3) is 0.0870. The number of amides is 2. The van der Waals surface area contributed by atoms with Gasteiger partial charge in [-0.1, -0.05) is 48.0 Å². The van der Waals surface area contributed by atoms with Crippen molar-refractivity contribution >= 4 is 46.4 Å². The van der Waals surface area contributed by atoms with Crippen molar-refractivity contribution < 1.29 is 9.59 Å². The van der Waals surface area contributed by atoms with Crippen LogP contribution in [0.1, 0.15) is 26.3 Å². The molecule has 0 unspecified atom stereocenters. The summed E-state index contributed by atoms with van der Waals surface area (Å²) in [5.74, 6) is -0.461. The number of carbonyl (C=O) groups excluding carboxylic acids is 2. The highest BCUT2D eigenvalue weighted by Gasteiger charge is 2.13. The SMILES string of the molecule is CN(Cc1ccccc1)C(=O)c1cccc(NC(=S)NC(=O)c2ccc(Cl)cc2)c1. The Morgan fingerprint density at radius 3 is 2.33 bits per heavy atom. The summed E-state index contributed by atoms with van der Waals surface area (Å²) in [5, 5.41) is 6.24. The van der Waals surface area contributed by atoms with E-state index in [1.807, 2.05) is 30.3 Å². The summed E-state index contributed by atoms with van der Waals surface area (Å²) in [6.07, 6.45) is 0. The van der Waals surface area contributed by atoms with Gasteiger partial charge in [-0.2, -0.15) is 0 Å². The Balaban J connectivity index is 1.61. The maximum Gasteiger partial charge on any atom is 0.257 e. The van der Waals surface area contributed by atoms with Crippen molar-refractivity contribution in [2.45, 2.75) is 6.54 Å². The minimum atomic E-state index is -0.348. The summed E-state index contributed by atoms with van der Waals surface area (Å²) in [4.78, 5) is 26.7. The average Bonchev–Trinajstić information content (AvgIpc) is 2.74. The van der Waals surface area contributed by atoms with Crippen LogP contribution in [0.4, 0.5) is 5.69 Å². The van der Waals surface area contributed by atoms with Crippen molar-refractivity contribution in [1.82, 2.24) is 10.2 Å². The van der Waals surface area contributed by atoms with Gasteiger partial charge in [-0.3, -0.25) is 14.9 Å². The van der Waals surface area contributed by atoms with Crippen LogP contribution >= 0.6 is 23.8 Å². The van der Waals surface area contributed by atoms with Crippen molar-refractivity contribution in [2.75, 3.05) is 12.4 Å². The monoisotopic (exact) mass is 437 g/mol. The summed E-state index contributed by atoms with van der Waals surface area (Å²) in [7, 11) is 1.76. The highest BCUT2D eigenvalue weighted by Crippen LogP contribution is 2.14. The van der Waals surface area contributed by atoms with Crippen LogP contribution in [0, 0.1) is 0 Å². The molecule has 0 aromatic heterocycles. The van der Waals surface area contributed by atoms with E-state index < -0.39 is 0 Å². The second-order valence-electron chi connectivity index (χ2n) is 6.64. The smallest absolute Gasteiger partial charge is 0.257 e. The van der Waals surface area contributed by atoms with E-state index >= 15 is 0 Å². The summed E-state index contributed by atoms with van der Waals surface area (Å²) in [6.45, 7) is 0.507. The molecule has 0 bridgehead atoms. The molecule has 3 aromatic rings. The fourth-order valence-corrected chi connectivity index (χ4v) is 3.15. The highest BCUT2D eigenvalue weighted by molar-refractivity contribution is 7.80. The number of benzene rings is 3. The fourth-order valence-electron chi connectivity index (χ4n) is 2.82. The lowest BCUT2D eigenvalue weighted by molar-refractivity contribution is 0.0785. The first-order valence-corrected chi connectivity index (χ1v) is 9.98. The molecule has 0 spiro atoms. The van der Waals surface area contributed by atoms with Gasteiger partial charge in [0.05, 0.1) is 0 Å². The molecular weight excluding hydrogens is 418 g/mol. The second kappa shape index (κ2) is 10.0. The molecule has 0 aliphatic rings. The molecule has 30 heavy (non-hydrogen) atoms. The van der Waals surface area contributed by atoms with Gasteiger partial charge in [0.15, 0.2) is 5.11 Å². The average molecular weight is 438 g/mol. The minimum absolute atomic E-state index is 0.112. The lowest BCUT2D eigenvalue weighted by Gasteiger charge is -2.18. The Hall–Kier alpha value is -3.22. The largest absolute Gasteiger partial charge is 0.337 e. The third-order valence-electron chi connectivity index (χ3n) is 4.31. The molecule has 5 nitrogen and oxygen atoms in total. The molecule has 0 saturated heterocycles. The third-order valence-corrected chi connectivity index (χ3v) is 4.77. The van der Waals surface area contributed by atoms with Crippen molar-refractivity contribution in [3.8, 4) is 0 Å². The molecule has 0 fully saturated rings. The number of halogens is 1. The predicted molar refractivity (Wildman–Crippen MR) is 124 cm³/mol. The number of hydrogen-bond acceptors (Lipinski definition) is 3. The summed E-state index contributed by atoms with van der Waals surface area (Å²) < 4.78 is 0. The predicted octanol–water partition coefficient (Wildman–Crippen LogP) is 4.74. The maximum absolute atomic E-state index is 12.8. The van der Waals surface area contributed by atoms with Crippen LogP contribution in [0.2, 0.25) is 5.02 Å². The second-order valence-corrected chi connectivity index (χ2v) is 7.49. The number of nitrogens with zero attached hydrogens (tertiary/aromatic N) is 1. The Morgan fingerprint density at radius 1 is 0.933 bits per heavy atom. The number of thiocarbonyl (C=S) groups is 1. The number of hydrogen-bond donors (Lipinski definition) is 2. The van der Waals surface area contributed by atoms with E-state index in [0.29, 0.717) is 28.4 Å². The minimum Gasteiger partial charge on any atom is -0.337 e. The van der Waals surface area contributed by atoms with E-state index in [-0.39, 0.29) is 16.9 Å². The standard InChI is InChI=1S/C23H20ClN3O2S/c1-27(15-16-6-3-2-4-7-16)22(29)18-8-5-9-20(14-18)25-23(30)26-21(28)17-10-12-19(24)13-11-17/h2-14H,15H2,1H3,(H2,25,26,28,30). The highest BCUT2D eigenvalue weighted by atomic mass is 35.5. The van der Waals surface area contributed by atoms with Gasteiger partial charge in [-0.15, -0.1) is 0 Å². The Bertz CT molecular complexity index is 1060. The molecule has 2 amide bonds. The zero-order chi connectivity index (χ0) is 21.5. The van der Waals surface area contributed by atoms with E-state index in [1.54, 1.807) is 60.5 Å². The lowest BCUT2D eigenvalue weighted by atomic mass is 10.1. The van der Waals surface area contributed by atoms with Crippen LogP contribution < -0.4 is 10.6 Å². The molecule has 2 N–H and O–H groups in total. The topological polar surface area (TPSA) is 61.4 Å². The van der Waals surface area contributed by atoms with Gasteiger partial charge >= 0.3 is 0 Å². The molecule has 0 saturated carbocycles. The van der Waals surface area contributed by atoms with Crippen molar-refractivity contribution in [3.05, 3.63) is 101 Å². The molecule has 0 aliphatic heterocycles. The quantitative estimate of drug-likeness (QED) is 0.566. The molecule has 3 aromatic carbocycles. The lowest BCUT2D eigenvalue weighted by Crippen LogP contribution is -2.34. The maximum atomic E-state index is 12.8. The zero-order valence-electron chi connectivity index (χ0n) is 16.3. The van der Waals surface area contributed by atoms with E-state index in [0.717, 1.165) is 5.56 Å². The molecule has 0 atom stereocenters. The normalized spacial score (nSPS) is 10.2. The summed E-state index contributed by atoms with van der Waals surface area (Å²) in [5.41, 5.74) is 2.62. The number of nitrogens with one attached hydrogen (secondary N) is 2. The Morgan fingerprint density at radius 2 is 1.63 bits per heavy atom. The van der Waals surface area contributed by atoms with Gasteiger partial charge < -0.3 is 10.2 Å². The summed E-state index contributed by atoms with van der Waals surface area (Å²) >= 11 is 11.1. The van der Waals surface area contributed by atoms with Crippen LogP contribution in [-0.2, 0) is 6.54 Å². The van der Waals surface area contributed by atoms with Gasteiger partial charge in [0.2, 0.25) is 0 Å². The molecule has 3 rings (SSSR count). The van der Waals surface area contributed by atoms with Crippen molar-refractivity contribution in [1.29, 1.82) is 0 Å². The first-order chi connectivity index (χ1) is 14.4. The van der Waals surface area contributed by atoms with Gasteiger partial charge in [0.1, 0.15) is 0 Å². The summed E-state index contributed by atoms with van der Waals surface area (Å²) in [6, 6.07) is 23.2. The van der Waals surface area contributed by atoms with E-state index in [9.17, 15) is 9.59 Å². The molecule has 7 heteroatoms. The molecule has 152 valence electrons. The van der Waals surface area contributed by atoms with Crippen molar-refractivity contribution in [3.63, 3.8) is 0 Å².